The fraction of sp³-hybridized carbons (Fsp3) is 1.00. The number of hydrogen-bond acceptors (Lipinski definition) is 0. The molecule has 74 valence electrons. The van der Waals surface area contributed by atoms with E-state index in [0.29, 0.717) is 0 Å². The molecule has 0 aromatic rings. The predicted molar refractivity (Wildman–Crippen MR) is 54.6 cm³/mol. The van der Waals surface area contributed by atoms with E-state index in [2.05, 4.69) is 47.8 Å². The summed E-state index contributed by atoms with van der Waals surface area (Å²) < 4.78 is 32.5. The summed E-state index contributed by atoms with van der Waals surface area (Å²) >= 11 is 18.2. The molecule has 0 bridgehead atoms. The van der Waals surface area contributed by atoms with Gasteiger partial charge in [-0.05, 0) is 15.9 Å². The topological polar surface area (TPSA) is 0 Å². The first-order chi connectivity index (χ1) is 4.96. The van der Waals surface area contributed by atoms with Crippen LogP contribution in [0.2, 0.25) is 0 Å². The quantitative estimate of drug-likeness (QED) is 0.558. The molecule has 0 aliphatic rings. The van der Waals surface area contributed by atoms with E-state index in [4.69, 9.17) is 23.2 Å². The Morgan fingerprint density at radius 3 is 1.42 bits per heavy atom. The van der Waals surface area contributed by atoms with E-state index >= 15 is 0 Å². The van der Waals surface area contributed by atoms with Gasteiger partial charge in [-0.1, -0.05) is 55.1 Å². The lowest BCUT2D eigenvalue weighted by Crippen LogP contribution is -2.36. The zero-order chi connectivity index (χ0) is 10.2. The first-order valence-corrected chi connectivity index (χ1v) is 5.60. The van der Waals surface area contributed by atoms with E-state index in [1.807, 2.05) is 0 Å². The molecule has 0 rings (SSSR count). The van der Waals surface area contributed by atoms with Gasteiger partial charge in [0.2, 0.25) is 0 Å². The summed E-state index contributed by atoms with van der Waals surface area (Å²) in [7, 11) is 0. The average molecular weight is 418 g/mol. The smallest absolute Gasteiger partial charge is 0.168 e. The molecule has 0 aliphatic heterocycles. The molecule has 0 unspecified atom stereocenters. The van der Waals surface area contributed by atoms with Crippen molar-refractivity contribution in [2.24, 2.45) is 0 Å². The van der Waals surface area contributed by atoms with Crippen LogP contribution in [0.3, 0.4) is 0 Å². The van der Waals surface area contributed by atoms with Crippen LogP contribution in [-0.4, -0.2) is 12.7 Å². The maximum Gasteiger partial charge on any atom is 0.413 e. The van der Waals surface area contributed by atoms with Gasteiger partial charge in [-0.3, -0.25) is 0 Å². The molecule has 0 aromatic heterocycles. The normalized spacial score (nSPS) is 15.0. The van der Waals surface area contributed by atoms with Crippen LogP contribution in [0.5, 0.6) is 0 Å². The van der Waals surface area contributed by atoms with Crippen LogP contribution in [0.15, 0.2) is 0 Å². The van der Waals surface area contributed by atoms with Crippen molar-refractivity contribution in [3.8, 4) is 0 Å². The Kier molecular flexibility index (Phi) is 4.75. The van der Waals surface area contributed by atoms with Crippen molar-refractivity contribution < 1.29 is 13.2 Å². The standard InChI is InChI=1S/C4H2Br3Cl2F3/c5-2(6,4(10,11)12)1-3(7,8)9/h1H2. The van der Waals surface area contributed by atoms with Gasteiger partial charge in [0.05, 0.1) is 0 Å². The van der Waals surface area contributed by atoms with Crippen LogP contribution in [0.4, 0.5) is 13.2 Å². The lowest BCUT2D eigenvalue weighted by molar-refractivity contribution is -0.134. The van der Waals surface area contributed by atoms with E-state index in [1.54, 1.807) is 0 Å². The molecule has 0 aromatic carbocycles. The number of rotatable bonds is 2. The van der Waals surface area contributed by atoms with Gasteiger partial charge in [0, 0.05) is 6.42 Å². The van der Waals surface area contributed by atoms with Crippen molar-refractivity contribution >= 4 is 71.0 Å². The summed E-state index contributed by atoms with van der Waals surface area (Å²) in [5.41, 5.74) is 0. The number of alkyl halides is 8. The maximum absolute atomic E-state index is 12.1. The highest BCUT2D eigenvalue weighted by atomic mass is 79.9. The summed E-state index contributed by atoms with van der Waals surface area (Å²) in [5, 5.41) is 0. The van der Waals surface area contributed by atoms with E-state index < -0.39 is 19.1 Å². The second kappa shape index (κ2) is 4.13. The Morgan fingerprint density at radius 2 is 1.33 bits per heavy atom. The Labute approximate surface area is 103 Å². The summed E-state index contributed by atoms with van der Waals surface area (Å²) in [6, 6.07) is 0. The van der Waals surface area contributed by atoms with Crippen molar-refractivity contribution in [2.45, 2.75) is 19.1 Å². The van der Waals surface area contributed by atoms with Crippen molar-refractivity contribution in [3.05, 3.63) is 0 Å². The minimum atomic E-state index is -4.46. The molecule has 8 heteroatoms. The van der Waals surface area contributed by atoms with Crippen LogP contribution in [0.1, 0.15) is 6.42 Å². The zero-order valence-electron chi connectivity index (χ0n) is 5.23. The number of hydrogen-bond donors (Lipinski definition) is 0. The first kappa shape index (κ1) is 13.8. The van der Waals surface area contributed by atoms with Gasteiger partial charge in [0.15, 0.2) is 6.48 Å². The Balaban J connectivity index is 4.44. The fourth-order valence-electron chi connectivity index (χ4n) is 0.352. The van der Waals surface area contributed by atoms with Crippen LogP contribution >= 0.6 is 71.0 Å². The van der Waals surface area contributed by atoms with Crippen molar-refractivity contribution in [2.75, 3.05) is 0 Å². The van der Waals surface area contributed by atoms with Gasteiger partial charge in [0.25, 0.3) is 0 Å². The van der Waals surface area contributed by atoms with Crippen LogP contribution in [0, 0.1) is 0 Å². The molecule has 0 radical (unpaired) electrons. The lowest BCUT2D eigenvalue weighted by Gasteiger charge is -2.26. The fourth-order valence-corrected chi connectivity index (χ4v) is 3.41. The largest absolute Gasteiger partial charge is 0.413 e. The summed E-state index contributed by atoms with van der Waals surface area (Å²) in [4.78, 5) is 0. The third-order valence-corrected chi connectivity index (χ3v) is 2.84. The van der Waals surface area contributed by atoms with E-state index in [-0.39, 0.29) is 0 Å². The molecule has 0 nitrogen and oxygen atoms in total. The van der Waals surface area contributed by atoms with Gasteiger partial charge in [0.1, 0.15) is 0 Å². The van der Waals surface area contributed by atoms with Crippen molar-refractivity contribution in [1.82, 2.24) is 0 Å². The van der Waals surface area contributed by atoms with Crippen molar-refractivity contribution in [3.63, 3.8) is 0 Å². The summed E-state index contributed by atoms with van der Waals surface area (Å²) in [6.45, 7) is 0. The minimum absolute atomic E-state index is 0.563. The van der Waals surface area contributed by atoms with Crippen LogP contribution in [-0.2, 0) is 0 Å². The zero-order valence-corrected chi connectivity index (χ0v) is 11.5. The van der Waals surface area contributed by atoms with Gasteiger partial charge in [-0.25, -0.2) is 0 Å². The molecule has 0 N–H and O–H groups in total. The number of halogens is 8. The SMILES string of the molecule is FC(F)(F)C(Br)(Br)CC(Cl)(Cl)Br. The molecule has 0 spiro atoms. The Bertz CT molecular complexity index is 162. The van der Waals surface area contributed by atoms with E-state index in [1.165, 1.54) is 0 Å². The first-order valence-electron chi connectivity index (χ1n) is 2.47. The molecular formula is C4H2Br3Cl2F3. The highest BCUT2D eigenvalue weighted by molar-refractivity contribution is 9.25. The summed E-state index contributed by atoms with van der Waals surface area (Å²) in [5.74, 6) is 0. The molecule has 0 fully saturated rings. The monoisotopic (exact) mass is 414 g/mol. The minimum Gasteiger partial charge on any atom is -0.168 e. The third kappa shape index (κ3) is 4.88. The second-order valence-electron chi connectivity index (χ2n) is 1.99. The van der Waals surface area contributed by atoms with Gasteiger partial charge in [-0.15, -0.1) is 0 Å². The predicted octanol–water partition coefficient (Wildman–Crippen LogP) is 4.95. The highest BCUT2D eigenvalue weighted by Gasteiger charge is 2.54. The van der Waals surface area contributed by atoms with Gasteiger partial charge < -0.3 is 0 Å². The maximum atomic E-state index is 12.1. The molecular weight excluding hydrogens is 416 g/mol. The molecule has 0 saturated heterocycles. The third-order valence-electron chi connectivity index (χ3n) is 0.837. The van der Waals surface area contributed by atoms with Crippen LogP contribution < -0.4 is 0 Å². The molecule has 0 saturated carbocycles. The average Bonchev–Trinajstić information content (AvgIpc) is 1.52. The molecule has 0 heterocycles. The van der Waals surface area contributed by atoms with E-state index in [0.717, 1.165) is 0 Å². The lowest BCUT2D eigenvalue weighted by atomic mass is 10.3. The van der Waals surface area contributed by atoms with Gasteiger partial charge >= 0.3 is 6.18 Å². The van der Waals surface area contributed by atoms with E-state index in [9.17, 15) is 13.2 Å². The Morgan fingerprint density at radius 1 is 1.00 bits per heavy atom. The van der Waals surface area contributed by atoms with Gasteiger partial charge in [-0.2, -0.15) is 13.2 Å². The molecule has 0 atom stereocenters. The molecule has 0 aliphatic carbocycles. The second-order valence-corrected chi connectivity index (χ2v) is 9.52. The molecule has 12 heavy (non-hydrogen) atoms. The molecule has 0 amide bonds. The highest BCUT2D eigenvalue weighted by Crippen LogP contribution is 2.52. The Hall–Kier alpha value is 1.81. The van der Waals surface area contributed by atoms with Crippen molar-refractivity contribution in [1.29, 1.82) is 0 Å². The summed E-state index contributed by atoms with van der Waals surface area (Å²) in [6.07, 6.45) is -5.03. The van der Waals surface area contributed by atoms with Crippen LogP contribution in [0.25, 0.3) is 0 Å².